The van der Waals surface area contributed by atoms with E-state index in [9.17, 15) is 14.4 Å². The maximum atomic E-state index is 11.9. The molecule has 1 aromatic carbocycles. The Morgan fingerprint density at radius 3 is 2.32 bits per heavy atom. The number of hydrogen-bond acceptors (Lipinski definition) is 4. The third-order valence-electron chi connectivity index (χ3n) is 3.05. The van der Waals surface area contributed by atoms with E-state index >= 15 is 0 Å². The Morgan fingerprint density at radius 2 is 1.79 bits per heavy atom. The number of ketones is 1. The van der Waals surface area contributed by atoms with Crippen LogP contribution in [0.4, 0.5) is 5.69 Å². The van der Waals surface area contributed by atoms with Crippen molar-refractivity contribution in [2.45, 2.75) is 0 Å². The van der Waals surface area contributed by atoms with Gasteiger partial charge in [-0.15, -0.1) is 0 Å². The predicted octanol–water partition coefficient (Wildman–Crippen LogP) is 0.232. The summed E-state index contributed by atoms with van der Waals surface area (Å²) in [6, 6.07) is 6.05. The zero-order chi connectivity index (χ0) is 14.0. The molecule has 1 aliphatic heterocycles. The standard InChI is InChI=1S/C13H14N2O4/c1-14-6-7-15(11(16)8-14)10-4-2-9(3-5-10)12(17)13(18)19/h2-5H,6-8H2,1H3,(H,18,19). The van der Waals surface area contributed by atoms with E-state index in [0.29, 0.717) is 18.8 Å². The molecular formula is C13H14N2O4. The van der Waals surface area contributed by atoms with E-state index in [1.54, 1.807) is 17.0 Å². The van der Waals surface area contributed by atoms with Crippen LogP contribution in [0.1, 0.15) is 10.4 Å². The summed E-state index contributed by atoms with van der Waals surface area (Å²) >= 11 is 0. The van der Waals surface area contributed by atoms with E-state index in [-0.39, 0.29) is 11.5 Å². The van der Waals surface area contributed by atoms with Crippen molar-refractivity contribution in [2.24, 2.45) is 0 Å². The maximum Gasteiger partial charge on any atom is 0.377 e. The van der Waals surface area contributed by atoms with Crippen LogP contribution in [0.2, 0.25) is 0 Å². The van der Waals surface area contributed by atoms with Crippen LogP contribution < -0.4 is 4.90 Å². The number of carbonyl (C=O) groups is 3. The molecule has 0 spiro atoms. The Morgan fingerprint density at radius 1 is 1.16 bits per heavy atom. The Kier molecular flexibility index (Phi) is 3.62. The summed E-state index contributed by atoms with van der Waals surface area (Å²) in [5.74, 6) is -2.44. The summed E-state index contributed by atoms with van der Waals surface area (Å²) in [6.07, 6.45) is 0. The molecule has 6 nitrogen and oxygen atoms in total. The number of carboxylic acid groups (broad SMARTS) is 1. The van der Waals surface area contributed by atoms with Crippen molar-refractivity contribution in [3.63, 3.8) is 0 Å². The quantitative estimate of drug-likeness (QED) is 0.623. The number of piperazine rings is 1. The molecule has 19 heavy (non-hydrogen) atoms. The average Bonchev–Trinajstić information content (AvgIpc) is 2.38. The number of carbonyl (C=O) groups excluding carboxylic acids is 2. The summed E-state index contributed by atoms with van der Waals surface area (Å²) in [5, 5.41) is 8.61. The minimum absolute atomic E-state index is 0.00828. The first kappa shape index (κ1) is 13.2. The molecule has 2 rings (SSSR count). The van der Waals surface area contributed by atoms with E-state index in [1.165, 1.54) is 12.1 Å². The Hall–Kier alpha value is -2.21. The van der Waals surface area contributed by atoms with Gasteiger partial charge >= 0.3 is 5.97 Å². The van der Waals surface area contributed by atoms with Crippen LogP contribution in [0.5, 0.6) is 0 Å². The van der Waals surface area contributed by atoms with Crippen molar-refractivity contribution in [3.05, 3.63) is 29.8 Å². The Labute approximate surface area is 110 Å². The molecule has 1 N–H and O–H groups in total. The van der Waals surface area contributed by atoms with Gasteiger partial charge in [-0.25, -0.2) is 4.79 Å². The van der Waals surface area contributed by atoms with Crippen molar-refractivity contribution in [2.75, 3.05) is 31.6 Å². The monoisotopic (exact) mass is 262 g/mol. The molecule has 0 radical (unpaired) electrons. The summed E-state index contributed by atoms with van der Waals surface area (Å²) < 4.78 is 0. The Bertz CT molecular complexity index is 524. The van der Waals surface area contributed by atoms with Crippen molar-refractivity contribution in [3.8, 4) is 0 Å². The second-order valence-electron chi connectivity index (χ2n) is 4.46. The topological polar surface area (TPSA) is 77.9 Å². The predicted molar refractivity (Wildman–Crippen MR) is 68.3 cm³/mol. The molecule has 1 aromatic rings. The molecule has 1 heterocycles. The fourth-order valence-corrected chi connectivity index (χ4v) is 1.98. The fourth-order valence-electron chi connectivity index (χ4n) is 1.98. The van der Waals surface area contributed by atoms with Crippen molar-refractivity contribution in [1.82, 2.24) is 4.90 Å². The molecule has 0 atom stereocenters. The molecule has 6 heteroatoms. The number of carboxylic acids is 1. The van der Waals surface area contributed by atoms with Crippen LogP contribution in [0.3, 0.4) is 0 Å². The zero-order valence-electron chi connectivity index (χ0n) is 10.5. The first-order chi connectivity index (χ1) is 8.99. The molecule has 1 aliphatic rings. The summed E-state index contributed by atoms with van der Waals surface area (Å²) in [7, 11) is 1.88. The molecular weight excluding hydrogens is 248 g/mol. The average molecular weight is 262 g/mol. The highest BCUT2D eigenvalue weighted by Gasteiger charge is 2.23. The minimum Gasteiger partial charge on any atom is -0.475 e. The molecule has 1 amide bonds. The van der Waals surface area contributed by atoms with Gasteiger partial charge in [0.1, 0.15) is 0 Å². The molecule has 0 saturated carbocycles. The van der Waals surface area contributed by atoms with Gasteiger partial charge in [0, 0.05) is 24.3 Å². The lowest BCUT2D eigenvalue weighted by Gasteiger charge is -2.32. The number of Topliss-reactive ketones (excluding diaryl/α,β-unsaturated/α-hetero) is 1. The second kappa shape index (κ2) is 5.19. The summed E-state index contributed by atoms with van der Waals surface area (Å²) in [6.45, 7) is 1.72. The fraction of sp³-hybridized carbons (Fsp3) is 0.308. The van der Waals surface area contributed by atoms with E-state index < -0.39 is 11.8 Å². The molecule has 1 saturated heterocycles. The largest absolute Gasteiger partial charge is 0.475 e. The number of amides is 1. The van der Waals surface area contributed by atoms with Crippen LogP contribution in [0.25, 0.3) is 0 Å². The van der Waals surface area contributed by atoms with Crippen molar-refractivity contribution in [1.29, 1.82) is 0 Å². The van der Waals surface area contributed by atoms with Gasteiger partial charge in [0.2, 0.25) is 5.91 Å². The van der Waals surface area contributed by atoms with Gasteiger partial charge in [0.05, 0.1) is 6.54 Å². The molecule has 0 aliphatic carbocycles. The highest BCUT2D eigenvalue weighted by atomic mass is 16.4. The third kappa shape index (κ3) is 2.79. The van der Waals surface area contributed by atoms with Gasteiger partial charge in [-0.05, 0) is 31.3 Å². The van der Waals surface area contributed by atoms with Gasteiger partial charge in [-0.1, -0.05) is 0 Å². The SMILES string of the molecule is CN1CCN(c2ccc(C(=O)C(=O)O)cc2)C(=O)C1. The van der Waals surface area contributed by atoms with E-state index in [1.807, 2.05) is 11.9 Å². The number of aliphatic carboxylic acids is 1. The smallest absolute Gasteiger partial charge is 0.377 e. The van der Waals surface area contributed by atoms with Crippen LogP contribution >= 0.6 is 0 Å². The first-order valence-corrected chi connectivity index (χ1v) is 5.85. The summed E-state index contributed by atoms with van der Waals surface area (Å²) in [5.41, 5.74) is 0.790. The third-order valence-corrected chi connectivity index (χ3v) is 3.05. The highest BCUT2D eigenvalue weighted by Crippen LogP contribution is 2.18. The number of likely N-dealkylation sites (N-methyl/N-ethyl adjacent to an activating group) is 1. The number of rotatable bonds is 3. The van der Waals surface area contributed by atoms with E-state index in [4.69, 9.17) is 5.11 Å². The van der Waals surface area contributed by atoms with Gasteiger partial charge in [0.25, 0.3) is 5.78 Å². The second-order valence-corrected chi connectivity index (χ2v) is 4.46. The van der Waals surface area contributed by atoms with Crippen molar-refractivity contribution < 1.29 is 19.5 Å². The van der Waals surface area contributed by atoms with Crippen molar-refractivity contribution >= 4 is 23.3 Å². The number of nitrogens with zero attached hydrogens (tertiary/aromatic N) is 2. The molecule has 0 unspecified atom stereocenters. The van der Waals surface area contributed by atoms with E-state index in [2.05, 4.69) is 0 Å². The van der Waals surface area contributed by atoms with Crippen LogP contribution in [0.15, 0.2) is 24.3 Å². The summed E-state index contributed by atoms with van der Waals surface area (Å²) in [4.78, 5) is 37.2. The van der Waals surface area contributed by atoms with Gasteiger partial charge < -0.3 is 10.0 Å². The minimum atomic E-state index is -1.48. The zero-order valence-corrected chi connectivity index (χ0v) is 10.5. The number of anilines is 1. The van der Waals surface area contributed by atoms with Gasteiger partial charge in [-0.3, -0.25) is 14.5 Å². The maximum absolute atomic E-state index is 11.9. The molecule has 100 valence electrons. The molecule has 1 fully saturated rings. The lowest BCUT2D eigenvalue weighted by atomic mass is 10.1. The van der Waals surface area contributed by atoms with Gasteiger partial charge in [0.15, 0.2) is 0 Å². The molecule has 0 aromatic heterocycles. The lowest BCUT2D eigenvalue weighted by molar-refractivity contribution is -0.131. The lowest BCUT2D eigenvalue weighted by Crippen LogP contribution is -2.48. The normalized spacial score (nSPS) is 16.5. The number of hydrogen-bond donors (Lipinski definition) is 1. The highest BCUT2D eigenvalue weighted by molar-refractivity contribution is 6.39. The number of benzene rings is 1. The first-order valence-electron chi connectivity index (χ1n) is 5.85. The Balaban J connectivity index is 2.17. The van der Waals surface area contributed by atoms with E-state index in [0.717, 1.165) is 6.54 Å². The molecule has 0 bridgehead atoms. The van der Waals surface area contributed by atoms with Gasteiger partial charge in [-0.2, -0.15) is 0 Å². The van der Waals surface area contributed by atoms with Crippen LogP contribution in [-0.4, -0.2) is 54.3 Å². The van der Waals surface area contributed by atoms with Crippen LogP contribution in [0, 0.1) is 0 Å². The van der Waals surface area contributed by atoms with Crippen LogP contribution in [-0.2, 0) is 9.59 Å².